The topological polar surface area (TPSA) is 114 Å². The SMILES string of the molecule is CS(=O)(=O)c1cccc(CN=C2Nc3c(Oc4ccccc4Cl)cccc3S(=O)(=O)N2)c1. The fourth-order valence-electron chi connectivity index (χ4n) is 3.03. The van der Waals surface area contributed by atoms with Crippen molar-refractivity contribution >= 4 is 43.1 Å². The molecule has 3 aromatic rings. The van der Waals surface area contributed by atoms with Gasteiger partial charge in [0.25, 0.3) is 10.0 Å². The fourth-order valence-corrected chi connectivity index (χ4v) is 5.06. The molecule has 0 spiro atoms. The van der Waals surface area contributed by atoms with Crippen LogP contribution in [0.4, 0.5) is 5.69 Å². The summed E-state index contributed by atoms with van der Waals surface area (Å²) in [6, 6.07) is 17.7. The van der Waals surface area contributed by atoms with E-state index < -0.39 is 19.9 Å². The Labute approximate surface area is 190 Å². The quantitative estimate of drug-likeness (QED) is 0.561. The molecule has 3 aromatic carbocycles. The van der Waals surface area contributed by atoms with Gasteiger partial charge in [0, 0.05) is 6.26 Å². The molecule has 1 aliphatic rings. The van der Waals surface area contributed by atoms with Crippen molar-refractivity contribution in [3.63, 3.8) is 0 Å². The van der Waals surface area contributed by atoms with Gasteiger partial charge in [-0.15, -0.1) is 0 Å². The number of anilines is 1. The second kappa shape index (κ2) is 8.45. The summed E-state index contributed by atoms with van der Waals surface area (Å²) in [5, 5.41) is 3.33. The molecule has 8 nitrogen and oxygen atoms in total. The number of hydrogen-bond acceptors (Lipinski definition) is 6. The Balaban J connectivity index is 1.66. The smallest absolute Gasteiger partial charge is 0.266 e. The van der Waals surface area contributed by atoms with Crippen LogP contribution in [0, 0.1) is 0 Å². The molecule has 0 radical (unpaired) electrons. The van der Waals surface area contributed by atoms with Crippen molar-refractivity contribution in [2.24, 2.45) is 4.99 Å². The predicted molar refractivity (Wildman–Crippen MR) is 123 cm³/mol. The van der Waals surface area contributed by atoms with Crippen LogP contribution in [0.25, 0.3) is 0 Å². The van der Waals surface area contributed by atoms with Gasteiger partial charge in [-0.3, -0.25) is 0 Å². The fraction of sp³-hybridized carbons (Fsp3) is 0.0952. The summed E-state index contributed by atoms with van der Waals surface area (Å²) in [5.41, 5.74) is 0.822. The van der Waals surface area contributed by atoms with E-state index in [2.05, 4.69) is 15.0 Å². The van der Waals surface area contributed by atoms with E-state index in [1.54, 1.807) is 48.5 Å². The number of rotatable bonds is 5. The molecule has 0 aromatic heterocycles. The number of benzene rings is 3. The Kier molecular flexibility index (Phi) is 5.85. The van der Waals surface area contributed by atoms with Gasteiger partial charge in [0.1, 0.15) is 16.3 Å². The average molecular weight is 492 g/mol. The lowest BCUT2D eigenvalue weighted by atomic mass is 10.2. The number of aliphatic imine (C=N–C) groups is 1. The van der Waals surface area contributed by atoms with Crippen LogP contribution >= 0.6 is 11.6 Å². The van der Waals surface area contributed by atoms with Gasteiger partial charge in [-0.05, 0) is 42.0 Å². The molecule has 0 fully saturated rings. The number of sulfonamides is 1. The Morgan fingerprint density at radius 2 is 1.72 bits per heavy atom. The van der Waals surface area contributed by atoms with E-state index in [9.17, 15) is 16.8 Å². The second-order valence-electron chi connectivity index (χ2n) is 6.98. The van der Waals surface area contributed by atoms with Crippen molar-refractivity contribution in [2.75, 3.05) is 11.6 Å². The van der Waals surface area contributed by atoms with Crippen LogP contribution < -0.4 is 14.8 Å². The van der Waals surface area contributed by atoms with Crippen LogP contribution in [0.5, 0.6) is 11.5 Å². The highest BCUT2D eigenvalue weighted by molar-refractivity contribution is 7.90. The Morgan fingerprint density at radius 1 is 1.00 bits per heavy atom. The lowest BCUT2D eigenvalue weighted by molar-refractivity contribution is 0.483. The highest BCUT2D eigenvalue weighted by Gasteiger charge is 2.29. The molecule has 0 unspecified atom stereocenters. The number of para-hydroxylation sites is 2. The van der Waals surface area contributed by atoms with Crippen molar-refractivity contribution in [1.82, 2.24) is 4.72 Å². The molecule has 0 aliphatic carbocycles. The normalized spacial score (nSPS) is 16.0. The van der Waals surface area contributed by atoms with Crippen LogP contribution in [0.3, 0.4) is 0 Å². The number of ether oxygens (including phenoxy) is 1. The van der Waals surface area contributed by atoms with Gasteiger partial charge in [-0.2, -0.15) is 0 Å². The molecule has 11 heteroatoms. The van der Waals surface area contributed by atoms with E-state index in [1.807, 2.05) is 0 Å². The summed E-state index contributed by atoms with van der Waals surface area (Å²) in [6.45, 7) is 0.0527. The molecule has 4 rings (SSSR count). The van der Waals surface area contributed by atoms with Crippen molar-refractivity contribution in [3.8, 4) is 11.5 Å². The van der Waals surface area contributed by atoms with Gasteiger partial charge in [0.05, 0.1) is 16.5 Å². The summed E-state index contributed by atoms with van der Waals surface area (Å²) in [7, 11) is -7.27. The van der Waals surface area contributed by atoms with E-state index in [0.717, 1.165) is 6.26 Å². The predicted octanol–water partition coefficient (Wildman–Crippen LogP) is 3.80. The molecule has 0 saturated carbocycles. The highest BCUT2D eigenvalue weighted by atomic mass is 35.5. The molecule has 1 heterocycles. The van der Waals surface area contributed by atoms with E-state index in [4.69, 9.17) is 16.3 Å². The number of sulfone groups is 1. The van der Waals surface area contributed by atoms with Gasteiger partial charge in [0.15, 0.2) is 15.6 Å². The third-order valence-electron chi connectivity index (χ3n) is 4.55. The van der Waals surface area contributed by atoms with E-state index in [0.29, 0.717) is 16.3 Å². The van der Waals surface area contributed by atoms with E-state index in [-0.39, 0.29) is 33.7 Å². The Morgan fingerprint density at radius 3 is 2.47 bits per heavy atom. The maximum absolute atomic E-state index is 12.8. The summed E-state index contributed by atoms with van der Waals surface area (Å²) >= 11 is 6.16. The molecular weight excluding hydrogens is 474 g/mol. The number of nitrogens with zero attached hydrogens (tertiary/aromatic N) is 1. The van der Waals surface area contributed by atoms with Gasteiger partial charge in [-0.1, -0.05) is 41.9 Å². The van der Waals surface area contributed by atoms with Gasteiger partial charge >= 0.3 is 0 Å². The maximum atomic E-state index is 12.8. The zero-order chi connectivity index (χ0) is 22.9. The summed E-state index contributed by atoms with van der Waals surface area (Å²) in [6.07, 6.45) is 1.12. The van der Waals surface area contributed by atoms with Crippen LogP contribution in [0.15, 0.2) is 81.5 Å². The number of fused-ring (bicyclic) bond motifs is 1. The number of hydrogen-bond donors (Lipinski definition) is 2. The zero-order valence-electron chi connectivity index (χ0n) is 16.7. The maximum Gasteiger partial charge on any atom is 0.266 e. The van der Waals surface area contributed by atoms with Crippen molar-refractivity contribution in [2.45, 2.75) is 16.3 Å². The summed E-state index contributed by atoms with van der Waals surface area (Å²) in [4.78, 5) is 4.44. The minimum atomic E-state index is -3.90. The van der Waals surface area contributed by atoms with Crippen molar-refractivity contribution < 1.29 is 21.6 Å². The van der Waals surface area contributed by atoms with Crippen LogP contribution in [-0.4, -0.2) is 29.1 Å². The molecular formula is C21H18ClN3O5S2. The number of guanidine groups is 1. The minimum absolute atomic E-state index is 0.0000716. The second-order valence-corrected chi connectivity index (χ2v) is 11.1. The van der Waals surface area contributed by atoms with Crippen LogP contribution in [0.2, 0.25) is 5.02 Å². The molecule has 0 saturated heterocycles. The monoisotopic (exact) mass is 491 g/mol. The molecule has 0 atom stereocenters. The Bertz CT molecular complexity index is 1440. The van der Waals surface area contributed by atoms with E-state index in [1.165, 1.54) is 18.2 Å². The molecule has 166 valence electrons. The lowest BCUT2D eigenvalue weighted by Gasteiger charge is -2.23. The first-order valence-electron chi connectivity index (χ1n) is 9.32. The van der Waals surface area contributed by atoms with Crippen molar-refractivity contribution in [3.05, 3.63) is 77.3 Å². The third-order valence-corrected chi connectivity index (χ3v) is 7.36. The largest absolute Gasteiger partial charge is 0.454 e. The number of halogens is 1. The molecule has 1 aliphatic heterocycles. The Hall–Kier alpha value is -3.08. The first-order chi connectivity index (χ1) is 15.1. The van der Waals surface area contributed by atoms with Crippen molar-refractivity contribution in [1.29, 1.82) is 0 Å². The van der Waals surface area contributed by atoms with Gasteiger partial charge in [-0.25, -0.2) is 26.6 Å². The number of nitrogens with one attached hydrogen (secondary N) is 2. The van der Waals surface area contributed by atoms with Crippen LogP contribution in [0.1, 0.15) is 5.56 Å². The molecule has 32 heavy (non-hydrogen) atoms. The minimum Gasteiger partial charge on any atom is -0.454 e. The first kappa shape index (κ1) is 22.1. The third kappa shape index (κ3) is 4.72. The standard InChI is InChI=1S/C21H18ClN3O5S2/c1-31(26,27)15-7-4-6-14(12-15)13-23-21-24-20-18(30-17-9-3-2-8-16(17)22)10-5-11-19(20)32(28,29)25-21/h2-12H,13H2,1H3,(H2,23,24,25). The lowest BCUT2D eigenvalue weighted by Crippen LogP contribution is -2.40. The van der Waals surface area contributed by atoms with E-state index >= 15 is 0 Å². The molecule has 2 N–H and O–H groups in total. The molecule has 0 amide bonds. The summed E-state index contributed by atoms with van der Waals surface area (Å²) in [5.74, 6) is 0.612. The average Bonchev–Trinajstić information content (AvgIpc) is 2.74. The zero-order valence-corrected chi connectivity index (χ0v) is 19.1. The summed E-state index contributed by atoms with van der Waals surface area (Å²) < 4.78 is 57.3. The highest BCUT2D eigenvalue weighted by Crippen LogP contribution is 2.38. The van der Waals surface area contributed by atoms with Crippen LogP contribution in [-0.2, 0) is 26.4 Å². The van der Waals surface area contributed by atoms with Gasteiger partial charge < -0.3 is 10.1 Å². The first-order valence-corrected chi connectivity index (χ1v) is 13.1. The van der Waals surface area contributed by atoms with Gasteiger partial charge in [0.2, 0.25) is 5.96 Å². The molecule has 0 bridgehead atoms.